The van der Waals surface area contributed by atoms with Crippen molar-refractivity contribution >= 4 is 47.0 Å². The summed E-state index contributed by atoms with van der Waals surface area (Å²) >= 11 is 1.68. The predicted octanol–water partition coefficient (Wildman–Crippen LogP) is 3.45. The summed E-state index contributed by atoms with van der Waals surface area (Å²) in [5.74, 6) is 1.76. The standard InChI is InChI=1S/C16H22N4O2S.HI/c1-11-10-23-15(19-11)5-4-8-18-16(17)20-13-9-12(21-2)6-7-14(13)22-3;/h6-7,9-10H,4-5,8H2,1-3H3,(H3,17,18,20);1H. The van der Waals surface area contributed by atoms with Crippen molar-refractivity contribution in [1.82, 2.24) is 4.98 Å². The van der Waals surface area contributed by atoms with Crippen LogP contribution in [-0.2, 0) is 6.42 Å². The molecule has 0 saturated carbocycles. The predicted molar refractivity (Wildman–Crippen MR) is 110 cm³/mol. The number of rotatable bonds is 7. The van der Waals surface area contributed by atoms with E-state index >= 15 is 0 Å². The van der Waals surface area contributed by atoms with E-state index in [-0.39, 0.29) is 24.0 Å². The zero-order valence-corrected chi connectivity index (χ0v) is 17.2. The van der Waals surface area contributed by atoms with E-state index in [1.54, 1.807) is 25.6 Å². The molecule has 6 nitrogen and oxygen atoms in total. The van der Waals surface area contributed by atoms with Gasteiger partial charge >= 0.3 is 0 Å². The van der Waals surface area contributed by atoms with Crippen molar-refractivity contribution in [3.63, 3.8) is 0 Å². The highest BCUT2D eigenvalue weighted by Gasteiger charge is 2.06. The number of halogens is 1. The Labute approximate surface area is 163 Å². The van der Waals surface area contributed by atoms with Gasteiger partial charge in [-0.1, -0.05) is 0 Å². The molecule has 3 N–H and O–H groups in total. The fourth-order valence-corrected chi connectivity index (χ4v) is 2.85. The maximum absolute atomic E-state index is 5.93. The fourth-order valence-electron chi connectivity index (χ4n) is 2.04. The summed E-state index contributed by atoms with van der Waals surface area (Å²) in [7, 11) is 3.22. The highest BCUT2D eigenvalue weighted by atomic mass is 127. The van der Waals surface area contributed by atoms with Crippen molar-refractivity contribution in [2.24, 2.45) is 10.7 Å². The molecular weight excluding hydrogens is 439 g/mol. The first-order chi connectivity index (χ1) is 11.1. The molecule has 0 unspecified atom stereocenters. The van der Waals surface area contributed by atoms with Crippen LogP contribution >= 0.6 is 35.3 Å². The molecule has 0 aliphatic rings. The number of methoxy groups -OCH3 is 2. The molecule has 2 rings (SSSR count). The Balaban J connectivity index is 0.00000288. The van der Waals surface area contributed by atoms with Gasteiger partial charge in [0.2, 0.25) is 0 Å². The van der Waals surface area contributed by atoms with Crippen molar-refractivity contribution in [1.29, 1.82) is 0 Å². The molecule has 0 atom stereocenters. The summed E-state index contributed by atoms with van der Waals surface area (Å²) in [5, 5.41) is 6.25. The molecule has 0 amide bonds. The highest BCUT2D eigenvalue weighted by Crippen LogP contribution is 2.28. The van der Waals surface area contributed by atoms with E-state index in [2.05, 4.69) is 20.7 Å². The van der Waals surface area contributed by atoms with Crippen LogP contribution in [0, 0.1) is 6.92 Å². The van der Waals surface area contributed by atoms with Gasteiger partial charge in [-0.2, -0.15) is 0 Å². The van der Waals surface area contributed by atoms with Crippen molar-refractivity contribution in [3.05, 3.63) is 34.3 Å². The fraction of sp³-hybridized carbons (Fsp3) is 0.375. The molecule has 1 heterocycles. The van der Waals surface area contributed by atoms with Gasteiger partial charge in [-0.25, -0.2) is 4.98 Å². The molecule has 24 heavy (non-hydrogen) atoms. The van der Waals surface area contributed by atoms with Gasteiger partial charge in [0.15, 0.2) is 5.96 Å². The third-order valence-corrected chi connectivity index (χ3v) is 4.19. The number of ether oxygens (including phenoxy) is 2. The van der Waals surface area contributed by atoms with E-state index in [0.717, 1.165) is 35.0 Å². The Morgan fingerprint density at radius 1 is 1.33 bits per heavy atom. The van der Waals surface area contributed by atoms with Crippen LogP contribution in [0.3, 0.4) is 0 Å². The Hall–Kier alpha value is -1.55. The second kappa shape index (κ2) is 10.3. The molecule has 1 aromatic carbocycles. The van der Waals surface area contributed by atoms with E-state index in [4.69, 9.17) is 15.2 Å². The minimum Gasteiger partial charge on any atom is -0.497 e. The third-order valence-electron chi connectivity index (χ3n) is 3.17. The summed E-state index contributed by atoms with van der Waals surface area (Å²) in [4.78, 5) is 8.77. The Morgan fingerprint density at radius 3 is 2.75 bits per heavy atom. The number of nitrogens with two attached hydrogens (primary N) is 1. The molecule has 0 aliphatic heterocycles. The Kier molecular flexibility index (Phi) is 8.83. The number of aliphatic imine (C=N–C) groups is 1. The number of aromatic nitrogens is 1. The van der Waals surface area contributed by atoms with E-state index in [9.17, 15) is 0 Å². The molecule has 0 spiro atoms. The van der Waals surface area contributed by atoms with E-state index in [1.807, 2.05) is 25.1 Å². The quantitative estimate of drug-likeness (QED) is 0.285. The zero-order chi connectivity index (χ0) is 16.7. The van der Waals surface area contributed by atoms with Crippen LogP contribution < -0.4 is 20.5 Å². The normalized spacial score (nSPS) is 10.9. The van der Waals surface area contributed by atoms with Crippen LogP contribution in [0.15, 0.2) is 28.6 Å². The smallest absolute Gasteiger partial charge is 0.193 e. The minimum absolute atomic E-state index is 0. The third kappa shape index (κ3) is 6.16. The topological polar surface area (TPSA) is 81.8 Å². The Bertz CT molecular complexity index is 676. The second-order valence-corrected chi connectivity index (χ2v) is 5.89. The van der Waals surface area contributed by atoms with Crippen LogP contribution in [-0.4, -0.2) is 31.7 Å². The number of nitrogens with one attached hydrogen (secondary N) is 1. The van der Waals surface area contributed by atoms with Crippen molar-refractivity contribution in [2.45, 2.75) is 19.8 Å². The monoisotopic (exact) mass is 462 g/mol. The van der Waals surface area contributed by atoms with Gasteiger partial charge < -0.3 is 20.5 Å². The van der Waals surface area contributed by atoms with Gasteiger partial charge in [-0.15, -0.1) is 35.3 Å². The molecule has 1 aromatic heterocycles. The van der Waals surface area contributed by atoms with Gasteiger partial charge in [0.05, 0.1) is 24.9 Å². The lowest BCUT2D eigenvalue weighted by Gasteiger charge is -2.12. The number of guanidine groups is 1. The summed E-state index contributed by atoms with van der Waals surface area (Å²) < 4.78 is 10.5. The summed E-state index contributed by atoms with van der Waals surface area (Å²) in [6.07, 6.45) is 1.82. The maximum atomic E-state index is 5.93. The number of anilines is 1. The lowest BCUT2D eigenvalue weighted by molar-refractivity contribution is 0.405. The van der Waals surface area contributed by atoms with Crippen LogP contribution in [0.1, 0.15) is 17.1 Å². The number of thiazole rings is 1. The van der Waals surface area contributed by atoms with Gasteiger partial charge in [0, 0.05) is 30.1 Å². The molecule has 0 radical (unpaired) electrons. The lowest BCUT2D eigenvalue weighted by atomic mass is 10.2. The largest absolute Gasteiger partial charge is 0.497 e. The highest BCUT2D eigenvalue weighted by molar-refractivity contribution is 14.0. The first kappa shape index (κ1) is 20.5. The first-order valence-corrected chi connectivity index (χ1v) is 8.20. The molecular formula is C16H23IN4O2S. The molecule has 132 valence electrons. The average Bonchev–Trinajstić information content (AvgIpc) is 2.97. The summed E-state index contributed by atoms with van der Waals surface area (Å²) in [6.45, 7) is 2.64. The summed E-state index contributed by atoms with van der Waals surface area (Å²) in [5.41, 5.74) is 7.73. The van der Waals surface area contributed by atoms with Crippen molar-refractivity contribution < 1.29 is 9.47 Å². The number of nitrogens with zero attached hydrogens (tertiary/aromatic N) is 2. The van der Waals surface area contributed by atoms with Crippen LogP contribution in [0.4, 0.5) is 5.69 Å². The van der Waals surface area contributed by atoms with Crippen LogP contribution in [0.25, 0.3) is 0 Å². The lowest BCUT2D eigenvalue weighted by Crippen LogP contribution is -2.23. The van der Waals surface area contributed by atoms with Gasteiger partial charge in [0.1, 0.15) is 11.5 Å². The first-order valence-electron chi connectivity index (χ1n) is 7.32. The van der Waals surface area contributed by atoms with Gasteiger partial charge in [-0.3, -0.25) is 4.99 Å². The number of hydrogen-bond donors (Lipinski definition) is 2. The minimum atomic E-state index is 0. The SMILES string of the molecule is COc1ccc(OC)c(NC(N)=NCCCc2nc(C)cs2)c1.I. The Morgan fingerprint density at radius 2 is 2.12 bits per heavy atom. The molecule has 0 aliphatic carbocycles. The summed E-state index contributed by atoms with van der Waals surface area (Å²) in [6, 6.07) is 5.46. The molecule has 0 saturated heterocycles. The van der Waals surface area contributed by atoms with E-state index in [0.29, 0.717) is 18.3 Å². The molecule has 0 bridgehead atoms. The van der Waals surface area contributed by atoms with Gasteiger partial charge in [0.25, 0.3) is 0 Å². The van der Waals surface area contributed by atoms with Gasteiger partial charge in [-0.05, 0) is 25.5 Å². The average molecular weight is 462 g/mol. The van der Waals surface area contributed by atoms with E-state index in [1.165, 1.54) is 0 Å². The van der Waals surface area contributed by atoms with E-state index < -0.39 is 0 Å². The van der Waals surface area contributed by atoms with Crippen LogP contribution in [0.2, 0.25) is 0 Å². The second-order valence-electron chi connectivity index (χ2n) is 4.94. The van der Waals surface area contributed by atoms with Crippen LogP contribution in [0.5, 0.6) is 11.5 Å². The number of aryl methyl sites for hydroxylation is 2. The zero-order valence-electron chi connectivity index (χ0n) is 14.0. The molecule has 0 fully saturated rings. The number of benzene rings is 1. The van der Waals surface area contributed by atoms with Crippen molar-refractivity contribution in [2.75, 3.05) is 26.1 Å². The number of hydrogen-bond acceptors (Lipinski definition) is 5. The molecule has 8 heteroatoms. The van der Waals surface area contributed by atoms with Crippen molar-refractivity contribution in [3.8, 4) is 11.5 Å². The maximum Gasteiger partial charge on any atom is 0.193 e. The molecule has 2 aromatic rings.